The van der Waals surface area contributed by atoms with Crippen LogP contribution in [0.2, 0.25) is 0 Å². The molecule has 0 bridgehead atoms. The summed E-state index contributed by atoms with van der Waals surface area (Å²) in [6.07, 6.45) is 8.87. The standard InChI is InChI=1S/C13H21NO/c1-2-11-4-3-8-14(9-7-11)12-5-6-13(15)10-12/h10-11H,2-9H2,1H3. The van der Waals surface area contributed by atoms with Crippen molar-refractivity contribution >= 4 is 5.78 Å². The Morgan fingerprint density at radius 3 is 2.87 bits per heavy atom. The summed E-state index contributed by atoms with van der Waals surface area (Å²) in [4.78, 5) is 13.6. The molecule has 1 saturated heterocycles. The van der Waals surface area contributed by atoms with Crippen molar-refractivity contribution in [1.29, 1.82) is 0 Å². The fourth-order valence-electron chi connectivity index (χ4n) is 2.69. The first-order valence-electron chi connectivity index (χ1n) is 6.28. The molecule has 1 aliphatic carbocycles. The molecule has 2 aliphatic rings. The molecule has 0 aromatic heterocycles. The van der Waals surface area contributed by atoms with Crippen LogP contribution in [0.25, 0.3) is 0 Å². The normalized spacial score (nSPS) is 27.8. The third kappa shape index (κ3) is 2.61. The summed E-state index contributed by atoms with van der Waals surface area (Å²) in [6, 6.07) is 0. The minimum absolute atomic E-state index is 0.321. The van der Waals surface area contributed by atoms with Crippen molar-refractivity contribution in [2.45, 2.75) is 45.4 Å². The number of carbonyl (C=O) groups is 1. The number of ketones is 1. The molecule has 2 heteroatoms. The molecule has 2 rings (SSSR count). The van der Waals surface area contributed by atoms with E-state index in [1.807, 2.05) is 6.08 Å². The van der Waals surface area contributed by atoms with Crippen LogP contribution in [0.1, 0.15) is 45.4 Å². The third-order valence-corrected chi connectivity index (χ3v) is 3.79. The quantitative estimate of drug-likeness (QED) is 0.694. The lowest BCUT2D eigenvalue weighted by Gasteiger charge is -2.23. The summed E-state index contributed by atoms with van der Waals surface area (Å²) in [6.45, 7) is 4.62. The van der Waals surface area contributed by atoms with Crippen molar-refractivity contribution in [2.75, 3.05) is 13.1 Å². The molecule has 0 amide bonds. The van der Waals surface area contributed by atoms with Crippen molar-refractivity contribution in [3.63, 3.8) is 0 Å². The SMILES string of the molecule is CCC1CCCN(C2=CC(=O)CC2)CC1. The highest BCUT2D eigenvalue weighted by molar-refractivity contribution is 5.92. The maximum atomic E-state index is 11.2. The molecule has 84 valence electrons. The number of carbonyl (C=O) groups excluding carboxylic acids is 1. The first-order valence-corrected chi connectivity index (χ1v) is 6.28. The lowest BCUT2D eigenvalue weighted by molar-refractivity contribution is -0.114. The average Bonchev–Trinajstić information content (AvgIpc) is 2.54. The van der Waals surface area contributed by atoms with Gasteiger partial charge in [-0.15, -0.1) is 0 Å². The Labute approximate surface area is 92.3 Å². The average molecular weight is 207 g/mol. The topological polar surface area (TPSA) is 20.3 Å². The monoisotopic (exact) mass is 207 g/mol. The zero-order valence-corrected chi connectivity index (χ0v) is 9.67. The number of nitrogens with zero attached hydrogens (tertiary/aromatic N) is 1. The molecule has 2 nitrogen and oxygen atoms in total. The van der Waals surface area contributed by atoms with Gasteiger partial charge in [-0.25, -0.2) is 0 Å². The van der Waals surface area contributed by atoms with E-state index in [9.17, 15) is 4.79 Å². The molecule has 1 heterocycles. The number of rotatable bonds is 2. The zero-order chi connectivity index (χ0) is 10.7. The molecule has 1 unspecified atom stereocenters. The molecule has 0 radical (unpaired) electrons. The van der Waals surface area contributed by atoms with Crippen molar-refractivity contribution in [1.82, 2.24) is 4.90 Å². The number of hydrogen-bond acceptors (Lipinski definition) is 2. The van der Waals surface area contributed by atoms with E-state index in [4.69, 9.17) is 0 Å². The minimum Gasteiger partial charge on any atom is -0.375 e. The van der Waals surface area contributed by atoms with Crippen molar-refractivity contribution < 1.29 is 4.79 Å². The van der Waals surface area contributed by atoms with Gasteiger partial charge >= 0.3 is 0 Å². The molecular formula is C13H21NO. The van der Waals surface area contributed by atoms with Crippen LogP contribution >= 0.6 is 0 Å². The minimum atomic E-state index is 0.321. The van der Waals surface area contributed by atoms with Crippen molar-refractivity contribution in [3.05, 3.63) is 11.8 Å². The second-order valence-electron chi connectivity index (χ2n) is 4.79. The molecule has 0 saturated carbocycles. The lowest BCUT2D eigenvalue weighted by atomic mass is 9.98. The Bertz CT molecular complexity index is 270. The van der Waals surface area contributed by atoms with Gasteiger partial charge in [0.15, 0.2) is 5.78 Å². The fourth-order valence-corrected chi connectivity index (χ4v) is 2.69. The molecular weight excluding hydrogens is 186 g/mol. The van der Waals surface area contributed by atoms with Gasteiger partial charge in [-0.1, -0.05) is 13.3 Å². The largest absolute Gasteiger partial charge is 0.375 e. The van der Waals surface area contributed by atoms with Crippen LogP contribution in [-0.4, -0.2) is 23.8 Å². The summed E-state index contributed by atoms with van der Waals surface area (Å²) < 4.78 is 0. The molecule has 0 spiro atoms. The van der Waals surface area contributed by atoms with Crippen LogP contribution in [0.5, 0.6) is 0 Å². The smallest absolute Gasteiger partial charge is 0.157 e. The Balaban J connectivity index is 1.93. The van der Waals surface area contributed by atoms with Crippen LogP contribution < -0.4 is 0 Å². The highest BCUT2D eigenvalue weighted by atomic mass is 16.1. The zero-order valence-electron chi connectivity index (χ0n) is 9.67. The van der Waals surface area contributed by atoms with Gasteiger partial charge in [-0.3, -0.25) is 4.79 Å². The number of allylic oxidation sites excluding steroid dienone is 2. The molecule has 1 aliphatic heterocycles. The molecule has 0 aromatic rings. The molecule has 1 atom stereocenters. The Kier molecular flexibility index (Phi) is 3.45. The molecule has 15 heavy (non-hydrogen) atoms. The maximum Gasteiger partial charge on any atom is 0.157 e. The maximum absolute atomic E-state index is 11.2. The van der Waals surface area contributed by atoms with E-state index < -0.39 is 0 Å². The fraction of sp³-hybridized carbons (Fsp3) is 0.769. The Morgan fingerprint density at radius 2 is 2.20 bits per heavy atom. The Morgan fingerprint density at radius 1 is 1.33 bits per heavy atom. The van der Waals surface area contributed by atoms with E-state index in [2.05, 4.69) is 11.8 Å². The van der Waals surface area contributed by atoms with Crippen LogP contribution in [0, 0.1) is 5.92 Å². The van der Waals surface area contributed by atoms with Crippen LogP contribution in [0.3, 0.4) is 0 Å². The van der Waals surface area contributed by atoms with Crippen LogP contribution in [-0.2, 0) is 4.79 Å². The predicted octanol–water partition coefficient (Wildman–Crippen LogP) is 2.75. The van der Waals surface area contributed by atoms with Gasteiger partial charge in [0, 0.05) is 31.3 Å². The van der Waals surface area contributed by atoms with Gasteiger partial charge in [-0.05, 0) is 31.6 Å². The van der Waals surface area contributed by atoms with Gasteiger partial charge in [-0.2, -0.15) is 0 Å². The lowest BCUT2D eigenvalue weighted by Crippen LogP contribution is -2.23. The second-order valence-corrected chi connectivity index (χ2v) is 4.79. The van der Waals surface area contributed by atoms with Crippen LogP contribution in [0.4, 0.5) is 0 Å². The van der Waals surface area contributed by atoms with Crippen molar-refractivity contribution in [3.8, 4) is 0 Å². The third-order valence-electron chi connectivity index (χ3n) is 3.79. The summed E-state index contributed by atoms with van der Waals surface area (Å²) >= 11 is 0. The van der Waals surface area contributed by atoms with E-state index in [0.717, 1.165) is 31.8 Å². The van der Waals surface area contributed by atoms with Crippen LogP contribution in [0.15, 0.2) is 11.8 Å². The van der Waals surface area contributed by atoms with Gasteiger partial charge in [0.05, 0.1) is 0 Å². The van der Waals surface area contributed by atoms with E-state index >= 15 is 0 Å². The van der Waals surface area contributed by atoms with Gasteiger partial charge in [0.25, 0.3) is 0 Å². The molecule has 0 N–H and O–H groups in total. The summed E-state index contributed by atoms with van der Waals surface area (Å²) in [5, 5.41) is 0. The Hall–Kier alpha value is -0.790. The van der Waals surface area contributed by atoms with E-state index in [-0.39, 0.29) is 0 Å². The van der Waals surface area contributed by atoms with Gasteiger partial charge < -0.3 is 4.90 Å². The van der Waals surface area contributed by atoms with Crippen molar-refractivity contribution in [2.24, 2.45) is 5.92 Å². The summed E-state index contributed by atoms with van der Waals surface area (Å²) in [5.41, 5.74) is 1.30. The molecule has 0 aromatic carbocycles. The first-order chi connectivity index (χ1) is 7.29. The highest BCUT2D eigenvalue weighted by Crippen LogP contribution is 2.26. The predicted molar refractivity (Wildman–Crippen MR) is 61.5 cm³/mol. The highest BCUT2D eigenvalue weighted by Gasteiger charge is 2.21. The number of likely N-dealkylation sites (tertiary alicyclic amines) is 1. The van der Waals surface area contributed by atoms with Gasteiger partial charge in [0.2, 0.25) is 0 Å². The van der Waals surface area contributed by atoms with E-state index in [1.54, 1.807) is 0 Å². The first kappa shape index (κ1) is 10.7. The van der Waals surface area contributed by atoms with E-state index in [1.165, 1.54) is 31.4 Å². The van der Waals surface area contributed by atoms with Gasteiger partial charge in [0.1, 0.15) is 0 Å². The van der Waals surface area contributed by atoms with E-state index in [0.29, 0.717) is 5.78 Å². The summed E-state index contributed by atoms with van der Waals surface area (Å²) in [5.74, 6) is 1.23. The second kappa shape index (κ2) is 4.82. The number of hydrogen-bond donors (Lipinski definition) is 0. The summed E-state index contributed by atoms with van der Waals surface area (Å²) in [7, 11) is 0. The molecule has 1 fully saturated rings.